The molecule has 6 nitrogen and oxygen atoms in total. The first-order valence-electron chi connectivity index (χ1n) is 7.63. The van der Waals surface area contributed by atoms with Crippen LogP contribution < -0.4 is 10.1 Å². The minimum Gasteiger partial charge on any atom is -0.495 e. The Bertz CT molecular complexity index is 867. The Morgan fingerprint density at radius 1 is 1.44 bits per heavy atom. The maximum absolute atomic E-state index is 12.5. The van der Waals surface area contributed by atoms with Gasteiger partial charge in [-0.15, -0.1) is 0 Å². The van der Waals surface area contributed by atoms with Crippen molar-refractivity contribution in [3.05, 3.63) is 41.6 Å². The monoisotopic (exact) mass is 377 g/mol. The molecule has 3 rings (SSSR count). The molecule has 0 unspecified atom stereocenters. The summed E-state index contributed by atoms with van der Waals surface area (Å²) in [6, 6.07) is 8.67. The molecule has 0 aliphatic carbocycles. The molecule has 3 aromatic rings. The average Bonchev–Trinajstić information content (AvgIpc) is 3.02. The second-order valence-corrected chi connectivity index (χ2v) is 6.72. The fraction of sp³-hybridized carbons (Fsp3) is 0.235. The van der Waals surface area contributed by atoms with Gasteiger partial charge in [-0.25, -0.2) is 4.98 Å². The molecule has 1 atom stereocenters. The largest absolute Gasteiger partial charge is 0.495 e. The second kappa shape index (κ2) is 7.76. The van der Waals surface area contributed by atoms with E-state index in [-0.39, 0.29) is 11.2 Å². The number of fused-ring (bicyclic) bond motifs is 1. The van der Waals surface area contributed by atoms with E-state index in [1.54, 1.807) is 43.6 Å². The number of anilines is 1. The molecule has 1 aromatic carbocycles. The fourth-order valence-corrected chi connectivity index (χ4v) is 3.32. The van der Waals surface area contributed by atoms with Crippen LogP contribution in [-0.2, 0) is 4.79 Å². The molecule has 2 heterocycles. The number of nitrogens with one attached hydrogen (secondary N) is 1. The van der Waals surface area contributed by atoms with E-state index >= 15 is 0 Å². The van der Waals surface area contributed by atoms with Gasteiger partial charge in [-0.2, -0.15) is 4.98 Å². The maximum Gasteiger partial charge on any atom is 0.259 e. The predicted molar refractivity (Wildman–Crippen MR) is 98.4 cm³/mol. The summed E-state index contributed by atoms with van der Waals surface area (Å²) < 4.78 is 10.7. The van der Waals surface area contributed by atoms with E-state index in [0.29, 0.717) is 39.3 Å². The van der Waals surface area contributed by atoms with Gasteiger partial charge in [0.15, 0.2) is 11.2 Å². The van der Waals surface area contributed by atoms with Gasteiger partial charge in [-0.3, -0.25) is 4.79 Å². The number of rotatable bonds is 6. The van der Waals surface area contributed by atoms with Crippen molar-refractivity contribution in [2.24, 2.45) is 0 Å². The smallest absolute Gasteiger partial charge is 0.259 e. The zero-order chi connectivity index (χ0) is 17.8. The van der Waals surface area contributed by atoms with Crippen LogP contribution in [-0.4, -0.2) is 28.2 Å². The lowest BCUT2D eigenvalue weighted by Gasteiger charge is -2.13. The van der Waals surface area contributed by atoms with Crippen LogP contribution >= 0.6 is 23.4 Å². The van der Waals surface area contributed by atoms with E-state index in [0.717, 1.165) is 0 Å². The number of hydrogen-bond donors (Lipinski definition) is 1. The topological polar surface area (TPSA) is 77.2 Å². The number of carbonyl (C=O) groups excluding carboxylic acids is 1. The molecule has 0 saturated heterocycles. The normalized spacial score (nSPS) is 12.1. The summed E-state index contributed by atoms with van der Waals surface area (Å²) in [6.07, 6.45) is 2.27. The number of hydrogen-bond acceptors (Lipinski definition) is 6. The van der Waals surface area contributed by atoms with Crippen molar-refractivity contribution in [1.82, 2.24) is 9.97 Å². The van der Waals surface area contributed by atoms with E-state index in [1.165, 1.54) is 11.8 Å². The Morgan fingerprint density at radius 2 is 2.28 bits per heavy atom. The number of amides is 1. The van der Waals surface area contributed by atoms with Crippen LogP contribution in [0.2, 0.25) is 5.02 Å². The third-order valence-corrected chi connectivity index (χ3v) is 4.97. The highest BCUT2D eigenvalue weighted by atomic mass is 35.5. The molecule has 0 radical (unpaired) electrons. The molecule has 0 spiro atoms. The molecule has 0 fully saturated rings. The van der Waals surface area contributed by atoms with Gasteiger partial charge < -0.3 is 14.5 Å². The minimum atomic E-state index is -0.353. The number of halogens is 1. The summed E-state index contributed by atoms with van der Waals surface area (Å²) in [5.41, 5.74) is 1.73. The summed E-state index contributed by atoms with van der Waals surface area (Å²) in [5.74, 6) is 0.406. The van der Waals surface area contributed by atoms with Crippen LogP contribution in [0.25, 0.3) is 11.2 Å². The first-order valence-corrected chi connectivity index (χ1v) is 8.89. The molecule has 0 bridgehead atoms. The Labute approximate surface area is 153 Å². The lowest BCUT2D eigenvalue weighted by molar-refractivity contribution is -0.115. The molecule has 0 aliphatic rings. The van der Waals surface area contributed by atoms with Gasteiger partial charge >= 0.3 is 0 Å². The highest BCUT2D eigenvalue weighted by molar-refractivity contribution is 8.00. The summed E-state index contributed by atoms with van der Waals surface area (Å²) >= 11 is 7.35. The lowest BCUT2D eigenvalue weighted by Crippen LogP contribution is -2.24. The lowest BCUT2D eigenvalue weighted by atomic mass is 10.2. The molecular weight excluding hydrogens is 362 g/mol. The number of aromatic nitrogens is 2. The molecule has 1 amide bonds. The first kappa shape index (κ1) is 17.6. The quantitative estimate of drug-likeness (QED) is 0.642. The van der Waals surface area contributed by atoms with E-state index < -0.39 is 0 Å². The molecular formula is C17H16ClN3O3S. The van der Waals surface area contributed by atoms with Gasteiger partial charge in [0, 0.05) is 11.9 Å². The number of benzene rings is 1. The van der Waals surface area contributed by atoms with E-state index in [1.807, 2.05) is 6.92 Å². The van der Waals surface area contributed by atoms with Crippen LogP contribution in [0.5, 0.6) is 5.75 Å². The molecule has 130 valence electrons. The summed E-state index contributed by atoms with van der Waals surface area (Å²) in [4.78, 5) is 21.0. The molecule has 25 heavy (non-hydrogen) atoms. The van der Waals surface area contributed by atoms with Gasteiger partial charge in [0.05, 0.1) is 17.4 Å². The zero-order valence-electron chi connectivity index (χ0n) is 13.7. The van der Waals surface area contributed by atoms with Crippen molar-refractivity contribution >= 4 is 46.2 Å². The van der Waals surface area contributed by atoms with Crippen LogP contribution in [0.3, 0.4) is 0 Å². The number of pyridine rings is 1. The van der Waals surface area contributed by atoms with Gasteiger partial charge in [-0.1, -0.05) is 30.3 Å². The van der Waals surface area contributed by atoms with Crippen molar-refractivity contribution in [3.63, 3.8) is 0 Å². The Hall–Kier alpha value is -2.25. The van der Waals surface area contributed by atoms with Gasteiger partial charge in [-0.05, 0) is 36.8 Å². The van der Waals surface area contributed by atoms with Crippen molar-refractivity contribution in [3.8, 4) is 5.75 Å². The Kier molecular flexibility index (Phi) is 5.45. The zero-order valence-corrected chi connectivity index (χ0v) is 15.2. The number of carbonyl (C=O) groups is 1. The van der Waals surface area contributed by atoms with Crippen molar-refractivity contribution in [1.29, 1.82) is 0 Å². The summed E-state index contributed by atoms with van der Waals surface area (Å²) in [7, 11) is 1.54. The average molecular weight is 378 g/mol. The van der Waals surface area contributed by atoms with Crippen molar-refractivity contribution in [2.75, 3.05) is 12.4 Å². The third kappa shape index (κ3) is 4.05. The van der Waals surface area contributed by atoms with Crippen LogP contribution in [0.15, 0.2) is 46.2 Å². The fourth-order valence-electron chi connectivity index (χ4n) is 2.21. The summed E-state index contributed by atoms with van der Waals surface area (Å²) in [5, 5.41) is 3.36. The highest BCUT2D eigenvalue weighted by Crippen LogP contribution is 2.30. The van der Waals surface area contributed by atoms with E-state index in [4.69, 9.17) is 20.8 Å². The van der Waals surface area contributed by atoms with Crippen molar-refractivity contribution in [2.45, 2.75) is 23.8 Å². The standard InChI is InChI=1S/C17H16ClN3O3S/c1-3-14(25-17-21-15-13(24-17)5-4-8-19-15)16(22)20-10-6-7-12(23-2)11(18)9-10/h4-9,14H,3H2,1-2H3,(H,20,22)/t14-/m1/s1. The molecule has 0 saturated carbocycles. The Balaban J connectivity index is 1.71. The van der Waals surface area contributed by atoms with Gasteiger partial charge in [0.1, 0.15) is 5.75 Å². The molecule has 1 N–H and O–H groups in total. The third-order valence-electron chi connectivity index (χ3n) is 3.47. The number of oxazole rings is 1. The summed E-state index contributed by atoms with van der Waals surface area (Å²) in [6.45, 7) is 1.93. The molecule has 0 aliphatic heterocycles. The molecule has 8 heteroatoms. The van der Waals surface area contributed by atoms with E-state index in [2.05, 4.69) is 15.3 Å². The number of thioether (sulfide) groups is 1. The highest BCUT2D eigenvalue weighted by Gasteiger charge is 2.21. The molecule has 2 aromatic heterocycles. The maximum atomic E-state index is 12.5. The van der Waals surface area contributed by atoms with E-state index in [9.17, 15) is 4.79 Å². The number of methoxy groups -OCH3 is 1. The van der Waals surface area contributed by atoms with Gasteiger partial charge in [0.2, 0.25) is 5.91 Å². The number of nitrogens with zero attached hydrogens (tertiary/aromatic N) is 2. The first-order chi connectivity index (χ1) is 12.1. The second-order valence-electron chi connectivity index (χ2n) is 5.16. The minimum absolute atomic E-state index is 0.149. The predicted octanol–water partition coefficient (Wildman–Crippen LogP) is 4.39. The van der Waals surface area contributed by atoms with Gasteiger partial charge in [0.25, 0.3) is 5.22 Å². The Morgan fingerprint density at radius 3 is 2.96 bits per heavy atom. The van der Waals surface area contributed by atoms with Crippen LogP contribution in [0.4, 0.5) is 5.69 Å². The van der Waals surface area contributed by atoms with Crippen LogP contribution in [0.1, 0.15) is 13.3 Å². The number of ether oxygens (including phenoxy) is 1. The van der Waals surface area contributed by atoms with Crippen LogP contribution in [0, 0.1) is 0 Å². The SMILES string of the molecule is CC[C@@H](Sc1nc2ncccc2o1)C(=O)Nc1ccc(OC)c(Cl)c1. The van der Waals surface area contributed by atoms with Crippen molar-refractivity contribution < 1.29 is 13.9 Å².